The first-order valence-corrected chi connectivity index (χ1v) is 8.40. The van der Waals surface area contributed by atoms with Crippen molar-refractivity contribution in [2.75, 3.05) is 11.2 Å². The van der Waals surface area contributed by atoms with Crippen LogP contribution in [0.15, 0.2) is 41.3 Å². The van der Waals surface area contributed by atoms with Crippen LogP contribution in [0, 0.1) is 0 Å². The van der Waals surface area contributed by atoms with Gasteiger partial charge in [-0.25, -0.2) is 0 Å². The van der Waals surface area contributed by atoms with Crippen molar-refractivity contribution in [1.29, 1.82) is 0 Å². The molecule has 2 aromatic carbocycles. The molecule has 2 rings (SSSR count). The van der Waals surface area contributed by atoms with Gasteiger partial charge in [0.25, 0.3) is 20.2 Å². The van der Waals surface area contributed by atoms with Crippen LogP contribution in [0.3, 0.4) is 0 Å². The van der Waals surface area contributed by atoms with Gasteiger partial charge in [-0.15, -0.1) is 0 Å². The summed E-state index contributed by atoms with van der Waals surface area (Å²) < 4.78 is 60.8. The monoisotopic (exact) mass is 317 g/mol. The zero-order valence-electron chi connectivity index (χ0n) is 10.0. The molecule has 0 saturated carbocycles. The van der Waals surface area contributed by atoms with Crippen molar-refractivity contribution in [3.8, 4) is 0 Å². The summed E-state index contributed by atoms with van der Waals surface area (Å²) in [4.78, 5) is -0.219. The van der Waals surface area contributed by atoms with Gasteiger partial charge in [0.05, 0.1) is 4.90 Å². The Bertz CT molecular complexity index is 858. The molecule has 0 amide bonds. The molecule has 0 aliphatic rings. The van der Waals surface area contributed by atoms with Gasteiger partial charge in [0.15, 0.2) is 0 Å². The maximum Gasteiger partial charge on any atom is 0.294 e. The Morgan fingerprint density at radius 1 is 0.900 bits per heavy atom. The number of benzene rings is 2. The lowest BCUT2D eigenvalue weighted by Gasteiger charge is -2.06. The third kappa shape index (κ3) is 3.67. The second-order valence-electron chi connectivity index (χ2n) is 4.10. The molecule has 20 heavy (non-hydrogen) atoms. The topological polar surface area (TPSA) is 121 Å². The highest BCUT2D eigenvalue weighted by molar-refractivity contribution is 7.86. The quantitative estimate of drug-likeness (QED) is 0.728. The zero-order chi connectivity index (χ0) is 15.0. The number of hydrogen-bond donors (Lipinski definition) is 3. The third-order valence-electron chi connectivity index (χ3n) is 2.57. The van der Waals surface area contributed by atoms with E-state index in [1.165, 1.54) is 24.3 Å². The number of fused-ring (bicyclic) bond motifs is 1. The Morgan fingerprint density at radius 2 is 1.50 bits per heavy atom. The molecule has 0 aliphatic heterocycles. The van der Waals surface area contributed by atoms with Gasteiger partial charge in [0, 0.05) is 5.69 Å². The molecule has 0 aromatic heterocycles. The van der Waals surface area contributed by atoms with E-state index in [0.717, 1.165) is 0 Å². The third-order valence-corrected chi connectivity index (χ3v) is 3.93. The maximum atomic E-state index is 11.0. The molecule has 9 heteroatoms. The van der Waals surface area contributed by atoms with Gasteiger partial charge in [-0.3, -0.25) is 9.11 Å². The van der Waals surface area contributed by atoms with Crippen molar-refractivity contribution >= 4 is 36.7 Å². The molecular weight excluding hydrogens is 306 g/mol. The van der Waals surface area contributed by atoms with Crippen molar-refractivity contribution in [3.05, 3.63) is 36.4 Å². The van der Waals surface area contributed by atoms with Crippen LogP contribution in [-0.4, -0.2) is 31.8 Å². The second kappa shape index (κ2) is 5.02. The summed E-state index contributed by atoms with van der Waals surface area (Å²) in [6, 6.07) is 8.71. The maximum absolute atomic E-state index is 11.0. The van der Waals surface area contributed by atoms with Gasteiger partial charge in [0.1, 0.15) is 5.88 Å². The van der Waals surface area contributed by atoms with Gasteiger partial charge < -0.3 is 5.32 Å². The Kier molecular flexibility index (Phi) is 3.69. The highest BCUT2D eigenvalue weighted by Gasteiger charge is 2.10. The molecule has 0 aliphatic carbocycles. The smallest absolute Gasteiger partial charge is 0.294 e. The van der Waals surface area contributed by atoms with E-state index in [-0.39, 0.29) is 4.90 Å². The van der Waals surface area contributed by atoms with Gasteiger partial charge in [-0.1, -0.05) is 12.1 Å². The first-order chi connectivity index (χ1) is 9.15. The Balaban J connectivity index is 2.37. The molecule has 108 valence electrons. The van der Waals surface area contributed by atoms with Gasteiger partial charge >= 0.3 is 0 Å². The lowest BCUT2D eigenvalue weighted by molar-refractivity contribution is 0.482. The molecule has 0 unspecified atom stereocenters. The van der Waals surface area contributed by atoms with Gasteiger partial charge in [-0.2, -0.15) is 16.8 Å². The van der Waals surface area contributed by atoms with Gasteiger partial charge in [0.2, 0.25) is 0 Å². The van der Waals surface area contributed by atoms with E-state index in [9.17, 15) is 16.8 Å². The minimum atomic E-state index is -4.26. The average molecular weight is 317 g/mol. The van der Waals surface area contributed by atoms with E-state index < -0.39 is 26.1 Å². The van der Waals surface area contributed by atoms with Crippen molar-refractivity contribution < 1.29 is 25.9 Å². The van der Waals surface area contributed by atoms with Crippen LogP contribution in [-0.2, 0) is 20.2 Å². The van der Waals surface area contributed by atoms with Crippen LogP contribution in [0.4, 0.5) is 5.69 Å². The van der Waals surface area contributed by atoms with E-state index in [1.54, 1.807) is 12.1 Å². The molecule has 7 nitrogen and oxygen atoms in total. The lowest BCUT2D eigenvalue weighted by Crippen LogP contribution is -2.12. The molecule has 0 heterocycles. The minimum Gasteiger partial charge on any atom is -0.370 e. The van der Waals surface area contributed by atoms with Crippen molar-refractivity contribution in [2.45, 2.75) is 4.90 Å². The first kappa shape index (κ1) is 14.7. The highest BCUT2D eigenvalue weighted by Crippen LogP contribution is 2.22. The Hall–Kier alpha value is -1.68. The van der Waals surface area contributed by atoms with E-state index in [0.29, 0.717) is 16.5 Å². The number of anilines is 1. The predicted molar refractivity (Wildman–Crippen MR) is 73.8 cm³/mol. The number of nitrogens with one attached hydrogen (secondary N) is 1. The molecule has 0 radical (unpaired) electrons. The molecule has 0 atom stereocenters. The predicted octanol–water partition coefficient (Wildman–Crippen LogP) is 1.34. The average Bonchev–Trinajstić information content (AvgIpc) is 2.33. The summed E-state index contributed by atoms with van der Waals surface area (Å²) in [6.45, 7) is 0. The number of rotatable bonds is 4. The van der Waals surface area contributed by atoms with E-state index in [4.69, 9.17) is 9.11 Å². The van der Waals surface area contributed by atoms with Crippen LogP contribution in [0.5, 0.6) is 0 Å². The lowest BCUT2D eigenvalue weighted by atomic mass is 10.1. The summed E-state index contributed by atoms with van der Waals surface area (Å²) >= 11 is 0. The molecule has 0 saturated heterocycles. The summed E-state index contributed by atoms with van der Waals surface area (Å²) in [6.07, 6.45) is 0. The first-order valence-electron chi connectivity index (χ1n) is 5.35. The number of hydrogen-bond acceptors (Lipinski definition) is 5. The van der Waals surface area contributed by atoms with E-state index >= 15 is 0 Å². The fourth-order valence-corrected chi connectivity index (χ4v) is 2.53. The second-order valence-corrected chi connectivity index (χ2v) is 6.98. The largest absolute Gasteiger partial charge is 0.370 e. The van der Waals surface area contributed by atoms with Crippen molar-refractivity contribution in [1.82, 2.24) is 0 Å². The highest BCUT2D eigenvalue weighted by atomic mass is 32.2. The summed E-state index contributed by atoms with van der Waals surface area (Å²) in [5.41, 5.74) is 0.453. The van der Waals surface area contributed by atoms with E-state index in [2.05, 4.69) is 5.32 Å². The van der Waals surface area contributed by atoms with Crippen LogP contribution in [0.25, 0.3) is 10.8 Å². The van der Waals surface area contributed by atoms with Crippen LogP contribution in [0.1, 0.15) is 0 Å². The summed E-state index contributed by atoms with van der Waals surface area (Å²) in [5, 5.41) is 3.73. The minimum absolute atomic E-state index is 0.219. The molecule has 0 spiro atoms. The Labute approximate surface area is 115 Å². The van der Waals surface area contributed by atoms with Crippen molar-refractivity contribution in [3.63, 3.8) is 0 Å². The molecule has 3 N–H and O–H groups in total. The van der Waals surface area contributed by atoms with Gasteiger partial charge in [-0.05, 0) is 35.0 Å². The summed E-state index contributed by atoms with van der Waals surface area (Å²) in [5.74, 6) is -0.623. The van der Waals surface area contributed by atoms with Crippen LogP contribution >= 0.6 is 0 Å². The van der Waals surface area contributed by atoms with E-state index in [1.807, 2.05) is 0 Å². The molecule has 0 fully saturated rings. The summed E-state index contributed by atoms with van der Waals surface area (Å²) in [7, 11) is -8.39. The van der Waals surface area contributed by atoms with Crippen molar-refractivity contribution in [2.24, 2.45) is 0 Å². The molecular formula is C11H11NO6S2. The SMILES string of the molecule is O=S(=O)(O)CNc1ccc2cc(S(=O)(=O)O)ccc2c1. The zero-order valence-corrected chi connectivity index (χ0v) is 11.6. The normalized spacial score (nSPS) is 12.5. The fourth-order valence-electron chi connectivity index (χ4n) is 1.67. The van der Waals surface area contributed by atoms with Crippen LogP contribution < -0.4 is 5.32 Å². The molecule has 0 bridgehead atoms. The van der Waals surface area contributed by atoms with Crippen LogP contribution in [0.2, 0.25) is 0 Å². The standard InChI is InChI=1S/C11H11NO6S2/c13-19(14,15)7-12-10-3-1-9-6-11(20(16,17)18)4-2-8(9)5-10/h1-6,12H,7H2,(H,13,14,15)(H,16,17,18). The fraction of sp³-hybridized carbons (Fsp3) is 0.0909. The molecule has 2 aromatic rings. The Morgan fingerprint density at radius 3 is 2.10 bits per heavy atom.